The Balaban J connectivity index is 1.45. The number of hydrogen-bond donors (Lipinski definition) is 3. The van der Waals surface area contributed by atoms with Gasteiger partial charge in [0.05, 0.1) is 0 Å². The van der Waals surface area contributed by atoms with Gasteiger partial charge in [-0.1, -0.05) is 51.3 Å². The summed E-state index contributed by atoms with van der Waals surface area (Å²) in [6, 6.07) is 14.2. The van der Waals surface area contributed by atoms with Gasteiger partial charge >= 0.3 is 0 Å². The second-order valence-corrected chi connectivity index (χ2v) is 8.54. The Morgan fingerprint density at radius 2 is 1.67 bits per heavy atom. The van der Waals surface area contributed by atoms with Crippen molar-refractivity contribution < 1.29 is 19.1 Å². The van der Waals surface area contributed by atoms with Gasteiger partial charge in [-0.05, 0) is 61.1 Å². The fourth-order valence-electron chi connectivity index (χ4n) is 3.93. The zero-order valence-corrected chi connectivity index (χ0v) is 19.4. The maximum Gasteiger partial charge on any atom is 0.276 e. The molecule has 7 heteroatoms. The molecule has 3 rings (SSSR count). The molecule has 176 valence electrons. The Labute approximate surface area is 195 Å². The summed E-state index contributed by atoms with van der Waals surface area (Å²) in [6.45, 7) is 4.00. The Hall–Kier alpha value is -3.35. The van der Waals surface area contributed by atoms with Gasteiger partial charge in [0.25, 0.3) is 11.8 Å². The van der Waals surface area contributed by atoms with E-state index in [9.17, 15) is 14.4 Å². The highest BCUT2D eigenvalue weighted by molar-refractivity contribution is 5.97. The fourth-order valence-corrected chi connectivity index (χ4v) is 3.93. The van der Waals surface area contributed by atoms with Crippen molar-refractivity contribution in [2.24, 2.45) is 5.92 Å². The first-order chi connectivity index (χ1) is 16.0. The minimum absolute atomic E-state index is 0.0362. The molecule has 1 aliphatic rings. The van der Waals surface area contributed by atoms with E-state index >= 15 is 0 Å². The third-order valence-electron chi connectivity index (χ3n) is 6.13. The topological polar surface area (TPSA) is 96.5 Å². The summed E-state index contributed by atoms with van der Waals surface area (Å²) in [4.78, 5) is 36.8. The van der Waals surface area contributed by atoms with Gasteiger partial charge < -0.3 is 10.1 Å². The lowest BCUT2D eigenvalue weighted by atomic mass is 9.88. The third kappa shape index (κ3) is 7.07. The number of amides is 3. The number of para-hydroxylation sites is 1. The summed E-state index contributed by atoms with van der Waals surface area (Å²) >= 11 is 0. The normalized spacial score (nSPS) is 14.7. The molecule has 3 amide bonds. The summed E-state index contributed by atoms with van der Waals surface area (Å²) < 4.78 is 5.66. The molecular formula is C26H33N3O4. The van der Waals surface area contributed by atoms with Crippen LogP contribution in [0.5, 0.6) is 5.75 Å². The van der Waals surface area contributed by atoms with E-state index < -0.39 is 11.8 Å². The molecule has 33 heavy (non-hydrogen) atoms. The number of rotatable bonds is 8. The molecule has 2 aromatic carbocycles. The van der Waals surface area contributed by atoms with Crippen molar-refractivity contribution >= 4 is 23.4 Å². The molecule has 1 unspecified atom stereocenters. The Bertz CT molecular complexity index is 952. The number of carbonyl (C=O) groups is 3. The molecule has 0 aliphatic heterocycles. The molecule has 0 aromatic heterocycles. The molecule has 1 saturated carbocycles. The van der Waals surface area contributed by atoms with Gasteiger partial charge in [-0.2, -0.15) is 0 Å². The second-order valence-electron chi connectivity index (χ2n) is 8.54. The van der Waals surface area contributed by atoms with E-state index in [-0.39, 0.29) is 18.4 Å². The standard InChI is InChI=1S/C26H33N3O4/c1-3-18(2)22-11-7-8-12-23(22)33-17-24(30)28-29-26(32)20-13-15-21(16-14-20)27-25(31)19-9-5-4-6-10-19/h7-8,11-16,18-19H,3-6,9-10,17H2,1-2H3,(H,27,31)(H,28,30)(H,29,32). The number of hydrazine groups is 1. The van der Waals surface area contributed by atoms with Crippen LogP contribution in [0.3, 0.4) is 0 Å². The summed E-state index contributed by atoms with van der Waals surface area (Å²) in [6.07, 6.45) is 6.21. The number of ether oxygens (including phenoxy) is 1. The van der Waals surface area contributed by atoms with Gasteiger partial charge in [0.2, 0.25) is 5.91 Å². The van der Waals surface area contributed by atoms with Crippen molar-refractivity contribution in [2.75, 3.05) is 11.9 Å². The molecule has 0 saturated heterocycles. The van der Waals surface area contributed by atoms with Crippen LogP contribution >= 0.6 is 0 Å². The highest BCUT2D eigenvalue weighted by atomic mass is 16.5. The molecule has 0 bridgehead atoms. The molecule has 1 fully saturated rings. The third-order valence-corrected chi connectivity index (χ3v) is 6.13. The molecule has 2 aromatic rings. The van der Waals surface area contributed by atoms with Crippen LogP contribution in [-0.2, 0) is 9.59 Å². The van der Waals surface area contributed by atoms with Crippen molar-refractivity contribution in [3.05, 3.63) is 59.7 Å². The molecule has 0 spiro atoms. The monoisotopic (exact) mass is 451 g/mol. The largest absolute Gasteiger partial charge is 0.483 e. The SMILES string of the molecule is CCC(C)c1ccccc1OCC(=O)NNC(=O)c1ccc(NC(=O)C2CCCCC2)cc1. The van der Waals surface area contributed by atoms with Crippen LogP contribution in [-0.4, -0.2) is 24.3 Å². The van der Waals surface area contributed by atoms with Crippen molar-refractivity contribution in [3.63, 3.8) is 0 Å². The lowest BCUT2D eigenvalue weighted by molar-refractivity contribution is -0.124. The van der Waals surface area contributed by atoms with Gasteiger partial charge in [-0.15, -0.1) is 0 Å². The fraction of sp³-hybridized carbons (Fsp3) is 0.423. The second kappa shape index (κ2) is 12.0. The molecule has 0 heterocycles. The number of carbonyl (C=O) groups excluding carboxylic acids is 3. The number of anilines is 1. The minimum Gasteiger partial charge on any atom is -0.483 e. The van der Waals surface area contributed by atoms with E-state index in [2.05, 4.69) is 30.0 Å². The quantitative estimate of drug-likeness (QED) is 0.513. The molecule has 1 atom stereocenters. The van der Waals surface area contributed by atoms with E-state index in [4.69, 9.17) is 4.74 Å². The zero-order chi connectivity index (χ0) is 23.6. The summed E-state index contributed by atoms with van der Waals surface area (Å²) in [5.41, 5.74) is 6.83. The van der Waals surface area contributed by atoms with Gasteiger partial charge in [-0.3, -0.25) is 25.2 Å². The predicted molar refractivity (Wildman–Crippen MR) is 128 cm³/mol. The first-order valence-electron chi connectivity index (χ1n) is 11.7. The van der Waals surface area contributed by atoms with E-state index in [1.54, 1.807) is 24.3 Å². The van der Waals surface area contributed by atoms with E-state index in [0.717, 1.165) is 37.7 Å². The van der Waals surface area contributed by atoms with Crippen LogP contribution in [0.25, 0.3) is 0 Å². The smallest absolute Gasteiger partial charge is 0.276 e. The van der Waals surface area contributed by atoms with Gasteiger partial charge in [0.15, 0.2) is 6.61 Å². The highest BCUT2D eigenvalue weighted by Crippen LogP contribution is 2.28. The van der Waals surface area contributed by atoms with E-state index in [0.29, 0.717) is 22.9 Å². The van der Waals surface area contributed by atoms with Crippen LogP contribution in [0, 0.1) is 5.92 Å². The van der Waals surface area contributed by atoms with Crippen LogP contribution in [0.4, 0.5) is 5.69 Å². The van der Waals surface area contributed by atoms with Crippen LogP contribution in [0.15, 0.2) is 48.5 Å². The first kappa shape index (κ1) is 24.3. The van der Waals surface area contributed by atoms with Crippen LogP contribution < -0.4 is 20.9 Å². The van der Waals surface area contributed by atoms with Crippen LogP contribution in [0.2, 0.25) is 0 Å². The lowest BCUT2D eigenvalue weighted by Gasteiger charge is -2.20. The van der Waals surface area contributed by atoms with E-state index in [1.165, 1.54) is 6.42 Å². The summed E-state index contributed by atoms with van der Waals surface area (Å²) in [5, 5.41) is 2.92. The molecule has 1 aliphatic carbocycles. The molecule has 7 nitrogen and oxygen atoms in total. The van der Waals surface area contributed by atoms with Crippen molar-refractivity contribution in [1.82, 2.24) is 10.9 Å². The molecular weight excluding hydrogens is 418 g/mol. The van der Waals surface area contributed by atoms with Crippen LogP contribution in [0.1, 0.15) is 74.2 Å². The Morgan fingerprint density at radius 1 is 0.970 bits per heavy atom. The number of benzene rings is 2. The maximum absolute atomic E-state index is 12.4. The Kier molecular flexibility index (Phi) is 8.87. The van der Waals surface area contributed by atoms with Crippen molar-refractivity contribution in [3.8, 4) is 5.75 Å². The minimum atomic E-state index is -0.460. The molecule has 3 N–H and O–H groups in total. The first-order valence-corrected chi connectivity index (χ1v) is 11.7. The number of hydrogen-bond acceptors (Lipinski definition) is 4. The predicted octanol–water partition coefficient (Wildman–Crippen LogP) is 4.56. The summed E-state index contributed by atoms with van der Waals surface area (Å²) in [5.74, 6) is 0.177. The van der Waals surface area contributed by atoms with Crippen molar-refractivity contribution in [1.29, 1.82) is 0 Å². The average molecular weight is 452 g/mol. The molecule has 0 radical (unpaired) electrons. The maximum atomic E-state index is 12.4. The van der Waals surface area contributed by atoms with Gasteiger partial charge in [0, 0.05) is 17.2 Å². The van der Waals surface area contributed by atoms with Gasteiger partial charge in [-0.25, -0.2) is 0 Å². The van der Waals surface area contributed by atoms with E-state index in [1.807, 2.05) is 24.3 Å². The summed E-state index contributed by atoms with van der Waals surface area (Å²) in [7, 11) is 0. The average Bonchev–Trinajstić information content (AvgIpc) is 2.86. The Morgan fingerprint density at radius 3 is 2.36 bits per heavy atom. The van der Waals surface area contributed by atoms with Gasteiger partial charge in [0.1, 0.15) is 5.75 Å². The highest BCUT2D eigenvalue weighted by Gasteiger charge is 2.21. The number of nitrogens with one attached hydrogen (secondary N) is 3. The lowest BCUT2D eigenvalue weighted by Crippen LogP contribution is -2.43. The zero-order valence-electron chi connectivity index (χ0n) is 19.4. The van der Waals surface area contributed by atoms with Crippen molar-refractivity contribution in [2.45, 2.75) is 58.3 Å².